The van der Waals surface area contributed by atoms with E-state index in [-0.39, 0.29) is 6.61 Å². The molecule has 3 heterocycles. The number of nitrogens with zero attached hydrogens (tertiary/aromatic N) is 2. The zero-order chi connectivity index (χ0) is 20.2. The molecule has 29 heavy (non-hydrogen) atoms. The Bertz CT molecular complexity index is 961. The lowest BCUT2D eigenvalue weighted by Crippen LogP contribution is -2.37. The van der Waals surface area contributed by atoms with Gasteiger partial charge in [-0.05, 0) is 55.2 Å². The number of aliphatic hydroxyl groups excluding tert-OH is 1. The Morgan fingerprint density at radius 2 is 2.14 bits per heavy atom. The van der Waals surface area contributed by atoms with Crippen LogP contribution in [0.1, 0.15) is 35.4 Å². The first kappa shape index (κ1) is 19.7. The molecule has 0 saturated carbocycles. The molecule has 8 heteroatoms. The molecule has 0 bridgehead atoms. The van der Waals surface area contributed by atoms with Crippen LogP contribution < -0.4 is 4.74 Å². The number of aromatic nitrogens is 1. The number of aryl methyl sites for hydroxylation is 1. The third-order valence-electron chi connectivity index (χ3n) is 5.56. The molecule has 2 aromatic heterocycles. The average molecular weight is 416 g/mol. The topological polar surface area (TPSA) is 96.0 Å². The van der Waals surface area contributed by atoms with Gasteiger partial charge in [0.1, 0.15) is 12.4 Å². The van der Waals surface area contributed by atoms with E-state index in [1.54, 1.807) is 11.3 Å². The van der Waals surface area contributed by atoms with Gasteiger partial charge < -0.3 is 24.4 Å². The van der Waals surface area contributed by atoms with E-state index < -0.39 is 6.09 Å². The quantitative estimate of drug-likeness (QED) is 0.597. The Morgan fingerprint density at radius 1 is 1.31 bits per heavy atom. The van der Waals surface area contributed by atoms with Crippen LogP contribution in [-0.2, 0) is 19.6 Å². The van der Waals surface area contributed by atoms with E-state index in [2.05, 4.69) is 5.16 Å². The molecule has 2 N–H and O–H groups in total. The second-order valence-corrected chi connectivity index (χ2v) is 8.36. The van der Waals surface area contributed by atoms with Gasteiger partial charge in [-0.1, -0.05) is 11.2 Å². The Labute approximate surface area is 172 Å². The number of carbonyl (C=O) groups is 1. The molecular weight excluding hydrogens is 392 g/mol. The second kappa shape index (κ2) is 8.84. The predicted octanol–water partition coefficient (Wildman–Crippen LogP) is 4.28. The maximum atomic E-state index is 11.0. The standard InChI is InChI=1S/C21H24N2O5S/c24-12-17-19(27-13-15-2-1-11-29-15)6-4-16-18(22-28-20(16)17)5-3-14-7-9-23(10-8-14)21(25)26/h1-2,4,6,11,14,24H,3,5,7-10,12-13H2,(H,25,26). The monoisotopic (exact) mass is 416 g/mol. The fraction of sp³-hybridized carbons (Fsp3) is 0.429. The fourth-order valence-electron chi connectivity index (χ4n) is 3.85. The van der Waals surface area contributed by atoms with Gasteiger partial charge in [0.05, 0.1) is 17.9 Å². The number of thiophene rings is 1. The highest BCUT2D eigenvalue weighted by Crippen LogP contribution is 2.32. The molecular formula is C21H24N2O5S. The molecule has 0 radical (unpaired) electrons. The number of amides is 1. The van der Waals surface area contributed by atoms with Crippen molar-refractivity contribution in [1.29, 1.82) is 0 Å². The highest BCUT2D eigenvalue weighted by Gasteiger charge is 2.23. The van der Waals surface area contributed by atoms with Crippen molar-refractivity contribution in [2.75, 3.05) is 13.1 Å². The number of benzene rings is 1. The molecule has 7 nitrogen and oxygen atoms in total. The van der Waals surface area contributed by atoms with Gasteiger partial charge in [0.25, 0.3) is 0 Å². The zero-order valence-electron chi connectivity index (χ0n) is 16.0. The molecule has 0 atom stereocenters. The van der Waals surface area contributed by atoms with E-state index in [9.17, 15) is 9.90 Å². The van der Waals surface area contributed by atoms with Crippen LogP contribution in [0.3, 0.4) is 0 Å². The molecule has 1 aromatic carbocycles. The Balaban J connectivity index is 1.42. The highest BCUT2D eigenvalue weighted by molar-refractivity contribution is 7.09. The third-order valence-corrected chi connectivity index (χ3v) is 6.41. The maximum Gasteiger partial charge on any atom is 0.407 e. The van der Waals surface area contributed by atoms with Crippen LogP contribution in [-0.4, -0.2) is 39.5 Å². The highest BCUT2D eigenvalue weighted by atomic mass is 32.1. The maximum absolute atomic E-state index is 11.0. The van der Waals surface area contributed by atoms with Crippen LogP contribution in [0, 0.1) is 5.92 Å². The molecule has 1 fully saturated rings. The summed E-state index contributed by atoms with van der Waals surface area (Å²) in [5, 5.41) is 26.1. The summed E-state index contributed by atoms with van der Waals surface area (Å²) in [7, 11) is 0. The van der Waals surface area contributed by atoms with Crippen LogP contribution >= 0.6 is 11.3 Å². The van der Waals surface area contributed by atoms with Crippen molar-refractivity contribution in [3.8, 4) is 5.75 Å². The number of fused-ring (bicyclic) bond motifs is 1. The van der Waals surface area contributed by atoms with E-state index >= 15 is 0 Å². The summed E-state index contributed by atoms with van der Waals surface area (Å²) in [6, 6.07) is 7.80. The summed E-state index contributed by atoms with van der Waals surface area (Å²) in [4.78, 5) is 13.6. The van der Waals surface area contributed by atoms with E-state index in [1.165, 1.54) is 4.90 Å². The molecule has 0 aliphatic carbocycles. The smallest absolute Gasteiger partial charge is 0.407 e. The second-order valence-electron chi connectivity index (χ2n) is 7.33. The van der Waals surface area contributed by atoms with Crippen LogP contribution in [0.15, 0.2) is 34.2 Å². The van der Waals surface area contributed by atoms with Gasteiger partial charge >= 0.3 is 6.09 Å². The van der Waals surface area contributed by atoms with Crippen molar-refractivity contribution >= 4 is 28.4 Å². The number of aliphatic hydroxyl groups is 1. The van der Waals surface area contributed by atoms with Gasteiger partial charge in [-0.25, -0.2) is 4.79 Å². The summed E-state index contributed by atoms with van der Waals surface area (Å²) < 4.78 is 11.4. The van der Waals surface area contributed by atoms with Gasteiger partial charge in [-0.2, -0.15) is 0 Å². The number of likely N-dealkylation sites (tertiary alicyclic amines) is 1. The summed E-state index contributed by atoms with van der Waals surface area (Å²) >= 11 is 1.63. The Morgan fingerprint density at radius 3 is 2.83 bits per heavy atom. The molecule has 1 saturated heterocycles. The fourth-order valence-corrected chi connectivity index (χ4v) is 4.47. The van der Waals surface area contributed by atoms with Gasteiger partial charge in [0, 0.05) is 23.4 Å². The third kappa shape index (κ3) is 4.38. The molecule has 3 aromatic rings. The summed E-state index contributed by atoms with van der Waals surface area (Å²) in [6.45, 7) is 1.46. The van der Waals surface area contributed by atoms with Crippen molar-refractivity contribution in [3.63, 3.8) is 0 Å². The van der Waals surface area contributed by atoms with Crippen LogP contribution in [0.2, 0.25) is 0 Å². The molecule has 0 spiro atoms. The van der Waals surface area contributed by atoms with Crippen molar-refractivity contribution in [2.45, 2.75) is 38.9 Å². The van der Waals surface area contributed by atoms with Gasteiger partial charge in [-0.15, -0.1) is 11.3 Å². The van der Waals surface area contributed by atoms with E-state index in [0.29, 0.717) is 42.5 Å². The average Bonchev–Trinajstić information content (AvgIpc) is 3.40. The minimum Gasteiger partial charge on any atom is -0.488 e. The number of ether oxygens (including phenoxy) is 1. The Kier molecular flexibility index (Phi) is 6.01. The van der Waals surface area contributed by atoms with Crippen molar-refractivity contribution in [2.24, 2.45) is 5.92 Å². The van der Waals surface area contributed by atoms with Gasteiger partial charge in [-0.3, -0.25) is 0 Å². The first-order chi connectivity index (χ1) is 14.2. The van der Waals surface area contributed by atoms with Gasteiger partial charge in [0.2, 0.25) is 0 Å². The van der Waals surface area contributed by atoms with Crippen molar-refractivity contribution in [3.05, 3.63) is 45.8 Å². The molecule has 1 amide bonds. The lowest BCUT2D eigenvalue weighted by molar-refractivity contribution is 0.123. The first-order valence-electron chi connectivity index (χ1n) is 9.79. The Hall–Kier alpha value is -2.58. The largest absolute Gasteiger partial charge is 0.488 e. The number of hydrogen-bond acceptors (Lipinski definition) is 6. The number of rotatable bonds is 7. The summed E-state index contributed by atoms with van der Waals surface area (Å²) in [5.41, 5.74) is 2.07. The minimum absolute atomic E-state index is 0.181. The number of hydrogen-bond donors (Lipinski definition) is 2. The van der Waals surface area contributed by atoms with Crippen molar-refractivity contribution in [1.82, 2.24) is 10.1 Å². The normalized spacial score (nSPS) is 15.1. The predicted molar refractivity (Wildman–Crippen MR) is 109 cm³/mol. The summed E-state index contributed by atoms with van der Waals surface area (Å²) in [6.07, 6.45) is 2.64. The molecule has 0 unspecified atom stereocenters. The van der Waals surface area contributed by atoms with E-state index in [1.807, 2.05) is 29.6 Å². The van der Waals surface area contributed by atoms with Crippen LogP contribution in [0.4, 0.5) is 4.79 Å². The van der Waals surface area contributed by atoms with Crippen molar-refractivity contribution < 1.29 is 24.3 Å². The minimum atomic E-state index is -0.834. The van der Waals surface area contributed by atoms with Crippen LogP contribution in [0.5, 0.6) is 5.75 Å². The lowest BCUT2D eigenvalue weighted by Gasteiger charge is -2.29. The summed E-state index contributed by atoms with van der Waals surface area (Å²) in [5.74, 6) is 1.10. The van der Waals surface area contributed by atoms with Crippen LogP contribution in [0.25, 0.3) is 11.0 Å². The number of carboxylic acid groups (broad SMARTS) is 1. The first-order valence-corrected chi connectivity index (χ1v) is 10.7. The van der Waals surface area contributed by atoms with Gasteiger partial charge in [0.15, 0.2) is 5.58 Å². The van der Waals surface area contributed by atoms with E-state index in [4.69, 9.17) is 14.4 Å². The SMILES string of the molecule is O=C(O)N1CCC(CCc2noc3c(CO)c(OCc4cccs4)ccc23)CC1. The molecule has 154 valence electrons. The zero-order valence-corrected chi connectivity index (χ0v) is 16.9. The molecule has 1 aliphatic heterocycles. The molecule has 4 rings (SSSR count). The number of piperidine rings is 1. The lowest BCUT2D eigenvalue weighted by atomic mass is 9.91. The molecule has 1 aliphatic rings. The van der Waals surface area contributed by atoms with E-state index in [0.717, 1.165) is 41.6 Å².